The van der Waals surface area contributed by atoms with E-state index in [2.05, 4.69) is 22.5 Å². The maximum absolute atomic E-state index is 13.5. The van der Waals surface area contributed by atoms with Gasteiger partial charge in [0.15, 0.2) is 5.69 Å². The Hall–Kier alpha value is -3.48. The smallest absolute Gasteiger partial charge is 0.272 e. The average Bonchev–Trinajstić information content (AvgIpc) is 3.16. The molecule has 2 amide bonds. The van der Waals surface area contributed by atoms with Crippen LogP contribution in [0.15, 0.2) is 60.7 Å². The van der Waals surface area contributed by atoms with Gasteiger partial charge in [0.1, 0.15) is 11.5 Å². The quantitative estimate of drug-likeness (QED) is 0.615. The van der Waals surface area contributed by atoms with E-state index in [4.69, 9.17) is 0 Å². The van der Waals surface area contributed by atoms with Gasteiger partial charge in [0.2, 0.25) is 0 Å². The highest BCUT2D eigenvalue weighted by atomic mass is 19.1. The van der Waals surface area contributed by atoms with Crippen LogP contribution in [0.2, 0.25) is 0 Å². The zero-order valence-electron chi connectivity index (χ0n) is 18.1. The van der Waals surface area contributed by atoms with E-state index in [9.17, 15) is 14.0 Å². The van der Waals surface area contributed by atoms with Crippen molar-refractivity contribution in [1.29, 1.82) is 0 Å². The fourth-order valence-electron chi connectivity index (χ4n) is 3.95. The second-order valence-corrected chi connectivity index (χ2v) is 8.25. The number of nitrogens with zero attached hydrogens (tertiary/aromatic N) is 3. The molecule has 2 heterocycles. The number of rotatable bonds is 7. The van der Waals surface area contributed by atoms with Crippen LogP contribution in [0.3, 0.4) is 0 Å². The van der Waals surface area contributed by atoms with Crippen LogP contribution in [0.25, 0.3) is 0 Å². The van der Waals surface area contributed by atoms with E-state index in [0.717, 1.165) is 18.4 Å². The minimum Gasteiger partial charge on any atom is -0.348 e. The van der Waals surface area contributed by atoms with Gasteiger partial charge in [-0.3, -0.25) is 14.3 Å². The first kappa shape index (κ1) is 21.7. The number of aryl methyl sites for hydroxylation is 2. The van der Waals surface area contributed by atoms with E-state index in [-0.39, 0.29) is 29.4 Å². The summed E-state index contributed by atoms with van der Waals surface area (Å²) in [7, 11) is 0. The largest absolute Gasteiger partial charge is 0.348 e. The molecule has 2 aromatic carbocycles. The number of carbonyl (C=O) groups is 2. The molecule has 0 bridgehead atoms. The first-order valence-electron chi connectivity index (χ1n) is 11.0. The summed E-state index contributed by atoms with van der Waals surface area (Å²) >= 11 is 0. The molecule has 0 aliphatic carbocycles. The van der Waals surface area contributed by atoms with Crippen molar-refractivity contribution in [1.82, 2.24) is 20.0 Å². The fraction of sp³-hybridized carbons (Fsp3) is 0.320. The van der Waals surface area contributed by atoms with Crippen molar-refractivity contribution in [3.05, 3.63) is 89.0 Å². The molecule has 6 nitrogen and oxygen atoms in total. The zero-order valence-corrected chi connectivity index (χ0v) is 18.1. The van der Waals surface area contributed by atoms with Gasteiger partial charge in [-0.05, 0) is 49.4 Å². The number of carbonyl (C=O) groups excluding carboxylic acids is 2. The number of nitrogens with one attached hydrogen (secondary N) is 1. The van der Waals surface area contributed by atoms with Gasteiger partial charge in [-0.1, -0.05) is 42.5 Å². The first-order valence-corrected chi connectivity index (χ1v) is 11.0. The van der Waals surface area contributed by atoms with Crippen molar-refractivity contribution in [3.8, 4) is 0 Å². The Labute approximate surface area is 187 Å². The van der Waals surface area contributed by atoms with Crippen LogP contribution in [0.1, 0.15) is 51.9 Å². The van der Waals surface area contributed by atoms with Crippen LogP contribution in [-0.2, 0) is 19.5 Å². The van der Waals surface area contributed by atoms with Crippen LogP contribution < -0.4 is 5.32 Å². The Bertz CT molecular complexity index is 1100. The molecule has 0 unspecified atom stereocenters. The molecule has 0 spiro atoms. The lowest BCUT2D eigenvalue weighted by Gasteiger charge is -2.20. The monoisotopic (exact) mass is 434 g/mol. The molecule has 3 aromatic rings. The van der Waals surface area contributed by atoms with Crippen molar-refractivity contribution >= 4 is 11.8 Å². The first-order chi connectivity index (χ1) is 15.5. The Kier molecular flexibility index (Phi) is 6.63. The number of aromatic nitrogens is 2. The summed E-state index contributed by atoms with van der Waals surface area (Å²) in [5.74, 6) is -0.804. The van der Waals surface area contributed by atoms with Crippen molar-refractivity contribution in [2.45, 2.75) is 45.3 Å². The lowest BCUT2D eigenvalue weighted by molar-refractivity contribution is 0.0745. The highest BCUT2D eigenvalue weighted by Crippen LogP contribution is 2.17. The predicted molar refractivity (Wildman–Crippen MR) is 120 cm³/mol. The van der Waals surface area contributed by atoms with Crippen LogP contribution in [0.4, 0.5) is 4.39 Å². The van der Waals surface area contributed by atoms with Crippen molar-refractivity contribution < 1.29 is 14.0 Å². The molecule has 0 saturated heterocycles. The van der Waals surface area contributed by atoms with Gasteiger partial charge in [-0.25, -0.2) is 4.39 Å². The van der Waals surface area contributed by atoms with E-state index in [0.29, 0.717) is 31.7 Å². The summed E-state index contributed by atoms with van der Waals surface area (Å²) in [6, 6.07) is 17.9. The van der Waals surface area contributed by atoms with Crippen LogP contribution in [0, 0.1) is 5.82 Å². The summed E-state index contributed by atoms with van der Waals surface area (Å²) < 4.78 is 15.1. The zero-order chi connectivity index (χ0) is 22.5. The maximum Gasteiger partial charge on any atom is 0.272 e. The van der Waals surface area contributed by atoms with E-state index in [1.165, 1.54) is 17.7 Å². The third-order valence-corrected chi connectivity index (χ3v) is 5.67. The molecule has 1 aliphatic rings. The number of benzene rings is 2. The number of fused-ring (bicyclic) bond motifs is 1. The highest BCUT2D eigenvalue weighted by molar-refractivity contribution is 5.98. The fourth-order valence-corrected chi connectivity index (χ4v) is 3.95. The van der Waals surface area contributed by atoms with Gasteiger partial charge in [0, 0.05) is 31.7 Å². The second kappa shape index (κ2) is 9.77. The summed E-state index contributed by atoms with van der Waals surface area (Å²) in [4.78, 5) is 27.5. The molecule has 7 heteroatoms. The van der Waals surface area contributed by atoms with E-state index in [1.54, 1.807) is 27.8 Å². The molecular weight excluding hydrogens is 407 g/mol. The van der Waals surface area contributed by atoms with E-state index >= 15 is 0 Å². The highest BCUT2D eigenvalue weighted by Gasteiger charge is 2.26. The van der Waals surface area contributed by atoms with Crippen molar-refractivity contribution in [2.24, 2.45) is 0 Å². The lowest BCUT2D eigenvalue weighted by atomic mass is 10.1. The van der Waals surface area contributed by atoms with E-state index < -0.39 is 0 Å². The Balaban J connectivity index is 1.40. The Morgan fingerprint density at radius 3 is 2.66 bits per heavy atom. The summed E-state index contributed by atoms with van der Waals surface area (Å²) in [5, 5.41) is 7.37. The maximum atomic E-state index is 13.5. The van der Waals surface area contributed by atoms with Gasteiger partial charge >= 0.3 is 0 Å². The molecule has 1 atom stereocenters. The third kappa shape index (κ3) is 5.22. The number of amides is 2. The van der Waals surface area contributed by atoms with Crippen LogP contribution in [0.5, 0.6) is 0 Å². The molecule has 1 aromatic heterocycles. The summed E-state index contributed by atoms with van der Waals surface area (Å²) in [6.45, 7) is 3.39. The van der Waals surface area contributed by atoms with Crippen LogP contribution >= 0.6 is 0 Å². The normalized spacial score (nSPS) is 14.6. The summed E-state index contributed by atoms with van der Waals surface area (Å²) in [5.41, 5.74) is 2.59. The average molecular weight is 435 g/mol. The molecule has 166 valence electrons. The number of halogens is 1. The van der Waals surface area contributed by atoms with Gasteiger partial charge < -0.3 is 10.2 Å². The minimum absolute atomic E-state index is 0.0237. The lowest BCUT2D eigenvalue weighted by Crippen LogP contribution is -2.33. The number of hydrogen-bond donors (Lipinski definition) is 1. The standard InChI is InChI=1S/C25H27FN4O2/c1-18(11-12-19-7-3-2-4-8-19)27-24(31)22-16-23-25(32)29(13-6-14-30(23)28-22)17-20-9-5-10-21(26)15-20/h2-5,7-10,15-16,18H,6,11-14,17H2,1H3,(H,27,31)/t18-/m0/s1. The minimum atomic E-state index is -0.324. The van der Waals surface area contributed by atoms with E-state index in [1.807, 2.05) is 25.1 Å². The van der Waals surface area contributed by atoms with Crippen molar-refractivity contribution in [3.63, 3.8) is 0 Å². The van der Waals surface area contributed by atoms with Crippen LogP contribution in [-0.4, -0.2) is 39.1 Å². The van der Waals surface area contributed by atoms with Gasteiger partial charge in [-0.2, -0.15) is 5.10 Å². The van der Waals surface area contributed by atoms with Gasteiger partial charge in [-0.15, -0.1) is 0 Å². The molecule has 1 aliphatic heterocycles. The molecular formula is C25H27FN4O2. The molecule has 4 rings (SSSR count). The van der Waals surface area contributed by atoms with Crippen molar-refractivity contribution in [2.75, 3.05) is 6.54 Å². The molecule has 0 saturated carbocycles. The number of hydrogen-bond acceptors (Lipinski definition) is 3. The SMILES string of the molecule is C[C@@H](CCc1ccccc1)NC(=O)c1cc2n(n1)CCCN(Cc1cccc(F)c1)C2=O. The second-order valence-electron chi connectivity index (χ2n) is 8.25. The third-order valence-electron chi connectivity index (χ3n) is 5.67. The summed E-state index contributed by atoms with van der Waals surface area (Å²) in [6.07, 6.45) is 2.39. The molecule has 1 N–H and O–H groups in total. The molecule has 32 heavy (non-hydrogen) atoms. The Morgan fingerprint density at radius 1 is 1.09 bits per heavy atom. The predicted octanol–water partition coefficient (Wildman–Crippen LogP) is 3.82. The molecule has 0 radical (unpaired) electrons. The Morgan fingerprint density at radius 2 is 1.88 bits per heavy atom. The topological polar surface area (TPSA) is 67.2 Å². The van der Waals surface area contributed by atoms with Gasteiger partial charge in [0.25, 0.3) is 11.8 Å². The van der Waals surface area contributed by atoms with Gasteiger partial charge in [0.05, 0.1) is 0 Å². The molecule has 0 fully saturated rings.